The number of nitrogens with zero attached hydrogens (tertiary/aromatic N) is 1. The van der Waals surface area contributed by atoms with Crippen molar-refractivity contribution in [1.82, 2.24) is 0 Å². The molecule has 3 nitrogen and oxygen atoms in total. The Bertz CT molecular complexity index is 671. The molecular formula is C15H14F2N2O. The lowest BCUT2D eigenvalue weighted by atomic mass is 10.1. The second-order valence-corrected chi connectivity index (χ2v) is 4.56. The number of hydrogen-bond acceptors (Lipinski definition) is 2. The summed E-state index contributed by atoms with van der Waals surface area (Å²) in [4.78, 5) is 13.6. The summed E-state index contributed by atoms with van der Waals surface area (Å²) in [6, 6.07) is 8.90. The molecule has 2 N–H and O–H groups in total. The molecule has 0 fully saturated rings. The van der Waals surface area contributed by atoms with Gasteiger partial charge < -0.3 is 10.6 Å². The number of halogens is 2. The van der Waals surface area contributed by atoms with Gasteiger partial charge in [0.1, 0.15) is 0 Å². The number of amides is 1. The van der Waals surface area contributed by atoms with E-state index in [0.717, 1.165) is 17.7 Å². The van der Waals surface area contributed by atoms with Crippen LogP contribution in [-0.4, -0.2) is 13.0 Å². The maximum Gasteiger partial charge on any atom is 0.260 e. The van der Waals surface area contributed by atoms with Crippen molar-refractivity contribution < 1.29 is 13.6 Å². The number of hydrogen-bond donors (Lipinski definition) is 1. The van der Waals surface area contributed by atoms with Crippen LogP contribution in [0.1, 0.15) is 15.9 Å². The largest absolute Gasteiger partial charge is 0.398 e. The van der Waals surface area contributed by atoms with E-state index < -0.39 is 17.5 Å². The van der Waals surface area contributed by atoms with Crippen LogP contribution < -0.4 is 10.6 Å². The molecule has 0 aliphatic heterocycles. The van der Waals surface area contributed by atoms with Crippen LogP contribution in [0.15, 0.2) is 36.4 Å². The first-order chi connectivity index (χ1) is 9.40. The van der Waals surface area contributed by atoms with Crippen LogP contribution >= 0.6 is 0 Å². The van der Waals surface area contributed by atoms with Crippen LogP contribution in [0.4, 0.5) is 20.2 Å². The van der Waals surface area contributed by atoms with E-state index in [1.807, 2.05) is 25.1 Å². The van der Waals surface area contributed by atoms with Crippen LogP contribution in [0.3, 0.4) is 0 Å². The van der Waals surface area contributed by atoms with Gasteiger partial charge in [-0.3, -0.25) is 4.79 Å². The average Bonchev–Trinajstić information content (AvgIpc) is 2.41. The molecule has 20 heavy (non-hydrogen) atoms. The first kappa shape index (κ1) is 14.0. The van der Waals surface area contributed by atoms with Crippen molar-refractivity contribution in [3.63, 3.8) is 0 Å². The smallest absolute Gasteiger partial charge is 0.260 e. The molecule has 0 saturated heterocycles. The number of nitrogens with two attached hydrogens (primary N) is 1. The van der Waals surface area contributed by atoms with Crippen LogP contribution in [0.5, 0.6) is 0 Å². The molecule has 0 atom stereocenters. The van der Waals surface area contributed by atoms with E-state index in [1.165, 1.54) is 4.90 Å². The van der Waals surface area contributed by atoms with E-state index in [1.54, 1.807) is 13.1 Å². The minimum absolute atomic E-state index is 0.0621. The number of benzene rings is 2. The summed E-state index contributed by atoms with van der Waals surface area (Å²) in [6.45, 7) is 1.90. The fourth-order valence-electron chi connectivity index (χ4n) is 1.88. The Morgan fingerprint density at radius 1 is 1.15 bits per heavy atom. The first-order valence-electron chi connectivity index (χ1n) is 5.99. The molecular weight excluding hydrogens is 262 g/mol. The normalized spacial score (nSPS) is 10.4. The molecule has 0 unspecified atom stereocenters. The maximum atomic E-state index is 13.2. The highest BCUT2D eigenvalue weighted by Crippen LogP contribution is 2.22. The molecule has 0 bridgehead atoms. The highest BCUT2D eigenvalue weighted by Gasteiger charge is 2.19. The number of carbonyl (C=O) groups excluding carboxylic acids is 1. The Balaban J connectivity index is 2.39. The van der Waals surface area contributed by atoms with Crippen molar-refractivity contribution in [2.24, 2.45) is 0 Å². The highest BCUT2D eigenvalue weighted by molar-refractivity contribution is 6.09. The number of aryl methyl sites for hydroxylation is 1. The van der Waals surface area contributed by atoms with Crippen LogP contribution in [0.25, 0.3) is 0 Å². The first-order valence-corrected chi connectivity index (χ1v) is 5.99. The zero-order chi connectivity index (χ0) is 14.9. The highest BCUT2D eigenvalue weighted by atomic mass is 19.2. The van der Waals surface area contributed by atoms with Crippen LogP contribution in [-0.2, 0) is 0 Å². The van der Waals surface area contributed by atoms with Crippen molar-refractivity contribution in [2.45, 2.75) is 6.92 Å². The van der Waals surface area contributed by atoms with Crippen molar-refractivity contribution >= 4 is 17.3 Å². The number of anilines is 2. The molecule has 1 amide bonds. The zero-order valence-electron chi connectivity index (χ0n) is 11.2. The summed E-state index contributed by atoms with van der Waals surface area (Å²) >= 11 is 0. The lowest BCUT2D eigenvalue weighted by molar-refractivity contribution is 0.0993. The van der Waals surface area contributed by atoms with Gasteiger partial charge in [0.05, 0.1) is 5.56 Å². The van der Waals surface area contributed by atoms with Gasteiger partial charge in [-0.25, -0.2) is 8.78 Å². The molecule has 0 radical (unpaired) electrons. The molecule has 0 aliphatic carbocycles. The number of nitrogen functional groups attached to an aromatic ring is 1. The predicted molar refractivity (Wildman–Crippen MR) is 74.7 cm³/mol. The van der Waals surface area contributed by atoms with Gasteiger partial charge >= 0.3 is 0 Å². The maximum absolute atomic E-state index is 13.2. The van der Waals surface area contributed by atoms with Crippen LogP contribution in [0.2, 0.25) is 0 Å². The Labute approximate surface area is 115 Å². The summed E-state index contributed by atoms with van der Waals surface area (Å²) < 4.78 is 26.3. The van der Waals surface area contributed by atoms with Crippen molar-refractivity contribution in [2.75, 3.05) is 17.7 Å². The average molecular weight is 276 g/mol. The van der Waals surface area contributed by atoms with Crippen molar-refractivity contribution in [3.05, 3.63) is 59.2 Å². The second kappa shape index (κ2) is 5.28. The third-order valence-corrected chi connectivity index (χ3v) is 3.02. The zero-order valence-corrected chi connectivity index (χ0v) is 11.2. The van der Waals surface area contributed by atoms with Gasteiger partial charge in [-0.1, -0.05) is 12.1 Å². The quantitative estimate of drug-likeness (QED) is 0.856. The minimum atomic E-state index is -1.10. The van der Waals surface area contributed by atoms with E-state index >= 15 is 0 Å². The van der Waals surface area contributed by atoms with Crippen LogP contribution in [0, 0.1) is 18.6 Å². The molecule has 104 valence electrons. The van der Waals surface area contributed by atoms with E-state index in [-0.39, 0.29) is 11.3 Å². The van der Waals surface area contributed by atoms with Gasteiger partial charge in [0.15, 0.2) is 11.6 Å². The third-order valence-electron chi connectivity index (χ3n) is 3.02. The van der Waals surface area contributed by atoms with Gasteiger partial charge in [0.25, 0.3) is 5.91 Å². The van der Waals surface area contributed by atoms with E-state index in [2.05, 4.69) is 0 Å². The Hall–Kier alpha value is -2.43. The molecule has 0 heterocycles. The second-order valence-electron chi connectivity index (χ2n) is 4.56. The van der Waals surface area contributed by atoms with Crippen molar-refractivity contribution in [3.8, 4) is 0 Å². The van der Waals surface area contributed by atoms with Gasteiger partial charge in [0, 0.05) is 24.5 Å². The molecule has 0 saturated carbocycles. The molecule has 0 aromatic heterocycles. The standard InChI is InChI=1S/C15H14F2N2O/c1-9-4-3-5-10(6-9)19(2)15(20)11-7-12(16)13(17)8-14(11)18/h3-8H,18H2,1-2H3. The Morgan fingerprint density at radius 2 is 1.80 bits per heavy atom. The molecule has 2 aromatic rings. The summed E-state index contributed by atoms with van der Waals surface area (Å²) in [5.74, 6) is -2.66. The fourth-order valence-corrected chi connectivity index (χ4v) is 1.88. The van der Waals surface area contributed by atoms with E-state index in [0.29, 0.717) is 5.69 Å². The topological polar surface area (TPSA) is 46.3 Å². The minimum Gasteiger partial charge on any atom is -0.398 e. The molecule has 2 aromatic carbocycles. The fraction of sp³-hybridized carbons (Fsp3) is 0.133. The number of rotatable bonds is 2. The number of carbonyl (C=O) groups is 1. The summed E-state index contributed by atoms with van der Waals surface area (Å²) in [5.41, 5.74) is 7.07. The molecule has 0 spiro atoms. The Morgan fingerprint density at radius 3 is 2.45 bits per heavy atom. The van der Waals surface area contributed by atoms with Gasteiger partial charge in [-0.05, 0) is 30.7 Å². The SMILES string of the molecule is Cc1cccc(N(C)C(=O)c2cc(F)c(F)cc2N)c1. The lowest BCUT2D eigenvalue weighted by Crippen LogP contribution is -2.27. The van der Waals surface area contributed by atoms with Gasteiger partial charge in [0.2, 0.25) is 0 Å². The van der Waals surface area contributed by atoms with Crippen molar-refractivity contribution in [1.29, 1.82) is 0 Å². The monoisotopic (exact) mass is 276 g/mol. The summed E-state index contributed by atoms with van der Waals surface area (Å²) in [5, 5.41) is 0. The molecule has 2 rings (SSSR count). The van der Waals surface area contributed by atoms with Gasteiger partial charge in [-0.15, -0.1) is 0 Å². The molecule has 0 aliphatic rings. The molecule has 5 heteroatoms. The van der Waals surface area contributed by atoms with Gasteiger partial charge in [-0.2, -0.15) is 0 Å². The van der Waals surface area contributed by atoms with E-state index in [4.69, 9.17) is 5.73 Å². The lowest BCUT2D eigenvalue weighted by Gasteiger charge is -2.19. The summed E-state index contributed by atoms with van der Waals surface area (Å²) in [7, 11) is 1.55. The Kier molecular flexibility index (Phi) is 3.70. The third kappa shape index (κ3) is 2.61. The summed E-state index contributed by atoms with van der Waals surface area (Å²) in [6.07, 6.45) is 0. The predicted octanol–water partition coefficient (Wildman–Crippen LogP) is 3.13. The van der Waals surface area contributed by atoms with E-state index in [9.17, 15) is 13.6 Å².